The molecule has 0 spiro atoms. The predicted molar refractivity (Wildman–Crippen MR) is 84.9 cm³/mol. The fourth-order valence-electron chi connectivity index (χ4n) is 2.73. The van der Waals surface area contributed by atoms with Gasteiger partial charge in [0.2, 0.25) is 5.88 Å². The number of aromatic nitrogens is 2. The van der Waals surface area contributed by atoms with Crippen LogP contribution >= 0.6 is 0 Å². The zero-order valence-corrected chi connectivity index (χ0v) is 13.0. The summed E-state index contributed by atoms with van der Waals surface area (Å²) in [7, 11) is 0. The first-order chi connectivity index (χ1) is 10.1. The van der Waals surface area contributed by atoms with Crippen LogP contribution in [0.4, 0.5) is 0 Å². The molecule has 0 aliphatic heterocycles. The van der Waals surface area contributed by atoms with Gasteiger partial charge in [-0.25, -0.2) is 4.79 Å². The van der Waals surface area contributed by atoms with Crippen molar-refractivity contribution in [1.29, 1.82) is 0 Å². The van der Waals surface area contributed by atoms with Crippen molar-refractivity contribution >= 4 is 0 Å². The van der Waals surface area contributed by atoms with E-state index in [-0.39, 0.29) is 17.6 Å². The number of nitrogens with zero attached hydrogens (tertiary/aromatic N) is 2. The van der Waals surface area contributed by atoms with Gasteiger partial charge in [0.1, 0.15) is 0 Å². The first-order valence-corrected chi connectivity index (χ1v) is 7.63. The van der Waals surface area contributed by atoms with Gasteiger partial charge in [0.25, 0.3) is 0 Å². The van der Waals surface area contributed by atoms with E-state index >= 15 is 0 Å². The van der Waals surface area contributed by atoms with E-state index in [9.17, 15) is 9.90 Å². The summed E-state index contributed by atoms with van der Waals surface area (Å²) in [6.45, 7) is 6.43. The van der Waals surface area contributed by atoms with E-state index < -0.39 is 0 Å². The first kappa shape index (κ1) is 15.4. The molecule has 0 atom stereocenters. The Balaban J connectivity index is 2.16. The van der Waals surface area contributed by atoms with Crippen LogP contribution < -0.4 is 5.69 Å². The Morgan fingerprint density at radius 1 is 1.19 bits per heavy atom. The van der Waals surface area contributed by atoms with Crippen molar-refractivity contribution in [3.63, 3.8) is 0 Å². The van der Waals surface area contributed by atoms with Crippen molar-refractivity contribution in [2.45, 2.75) is 52.6 Å². The second kappa shape index (κ2) is 6.66. The molecule has 0 fully saturated rings. The molecule has 4 nitrogen and oxygen atoms in total. The van der Waals surface area contributed by atoms with E-state index in [0.717, 1.165) is 18.5 Å². The molecule has 0 amide bonds. The fourth-order valence-corrected chi connectivity index (χ4v) is 2.73. The molecule has 0 aliphatic carbocycles. The Labute approximate surface area is 125 Å². The van der Waals surface area contributed by atoms with Crippen LogP contribution in [0, 0.1) is 0 Å². The number of aryl methyl sites for hydroxylation is 1. The number of imidazole rings is 1. The molecule has 2 aromatic rings. The third kappa shape index (κ3) is 3.20. The second-order valence-corrected chi connectivity index (χ2v) is 5.61. The molecule has 1 N–H and O–H groups in total. The number of hydrogen-bond acceptors (Lipinski definition) is 2. The highest BCUT2D eigenvalue weighted by Crippen LogP contribution is 2.20. The molecule has 0 radical (unpaired) electrons. The molecule has 4 heteroatoms. The van der Waals surface area contributed by atoms with Gasteiger partial charge < -0.3 is 5.11 Å². The molecule has 21 heavy (non-hydrogen) atoms. The molecule has 1 aromatic carbocycles. The Bertz CT molecular complexity index is 639. The highest BCUT2D eigenvalue weighted by atomic mass is 16.3. The van der Waals surface area contributed by atoms with Crippen LogP contribution in [-0.2, 0) is 19.4 Å². The van der Waals surface area contributed by atoms with Gasteiger partial charge in [-0.05, 0) is 38.7 Å². The summed E-state index contributed by atoms with van der Waals surface area (Å²) in [6, 6.07) is 10.2. The van der Waals surface area contributed by atoms with Gasteiger partial charge >= 0.3 is 5.69 Å². The Hall–Kier alpha value is -1.97. The molecule has 0 bridgehead atoms. The van der Waals surface area contributed by atoms with Crippen LogP contribution in [0.3, 0.4) is 0 Å². The Morgan fingerprint density at radius 2 is 1.86 bits per heavy atom. The maximum absolute atomic E-state index is 12.4. The topological polar surface area (TPSA) is 47.2 Å². The highest BCUT2D eigenvalue weighted by Gasteiger charge is 2.19. The molecule has 2 rings (SSSR count). The van der Waals surface area contributed by atoms with E-state index in [4.69, 9.17) is 0 Å². The minimum absolute atomic E-state index is 0.0295. The Kier molecular flexibility index (Phi) is 4.89. The summed E-state index contributed by atoms with van der Waals surface area (Å²) in [6.07, 6.45) is 2.48. The van der Waals surface area contributed by atoms with Crippen LogP contribution in [0.5, 0.6) is 5.88 Å². The minimum Gasteiger partial charge on any atom is -0.493 e. The maximum atomic E-state index is 12.4. The van der Waals surface area contributed by atoms with Gasteiger partial charge in [0.15, 0.2) is 0 Å². The molecule has 0 unspecified atom stereocenters. The summed E-state index contributed by atoms with van der Waals surface area (Å²) in [5.41, 5.74) is 1.91. The first-order valence-electron chi connectivity index (χ1n) is 7.63. The third-order valence-electron chi connectivity index (χ3n) is 3.79. The van der Waals surface area contributed by atoms with Crippen LogP contribution in [0.2, 0.25) is 0 Å². The number of aromatic hydroxyl groups is 1. The van der Waals surface area contributed by atoms with E-state index in [1.807, 2.05) is 39.0 Å². The summed E-state index contributed by atoms with van der Waals surface area (Å²) < 4.78 is 3.19. The Morgan fingerprint density at radius 3 is 2.43 bits per heavy atom. The molecule has 0 aliphatic rings. The van der Waals surface area contributed by atoms with Crippen molar-refractivity contribution in [2.24, 2.45) is 0 Å². The normalized spacial score (nSPS) is 11.2. The van der Waals surface area contributed by atoms with E-state index in [0.29, 0.717) is 13.0 Å². The second-order valence-electron chi connectivity index (χ2n) is 5.61. The lowest BCUT2D eigenvalue weighted by molar-refractivity contribution is 0.391. The third-order valence-corrected chi connectivity index (χ3v) is 3.79. The fraction of sp³-hybridized carbons (Fsp3) is 0.471. The van der Waals surface area contributed by atoms with Crippen LogP contribution in [0.15, 0.2) is 35.1 Å². The lowest BCUT2D eigenvalue weighted by atomic mass is 10.1. The average Bonchev–Trinajstić information content (AvgIpc) is 2.70. The quantitative estimate of drug-likeness (QED) is 0.887. The van der Waals surface area contributed by atoms with Crippen LogP contribution in [0.1, 0.15) is 44.5 Å². The zero-order valence-electron chi connectivity index (χ0n) is 13.0. The predicted octanol–water partition coefficient (Wildman–Crippen LogP) is 3.13. The lowest BCUT2D eigenvalue weighted by Gasteiger charge is -2.06. The highest BCUT2D eigenvalue weighted by molar-refractivity contribution is 5.21. The van der Waals surface area contributed by atoms with Crippen LogP contribution in [0.25, 0.3) is 0 Å². The van der Waals surface area contributed by atoms with Crippen molar-refractivity contribution < 1.29 is 5.11 Å². The van der Waals surface area contributed by atoms with Crippen LogP contribution in [-0.4, -0.2) is 14.2 Å². The molecule has 0 saturated carbocycles. The maximum Gasteiger partial charge on any atom is 0.331 e. The molecular weight excluding hydrogens is 264 g/mol. The summed E-state index contributed by atoms with van der Waals surface area (Å²) in [5.74, 6) is 0.122. The largest absolute Gasteiger partial charge is 0.493 e. The van der Waals surface area contributed by atoms with Crippen molar-refractivity contribution in [2.75, 3.05) is 0 Å². The molecule has 114 valence electrons. The van der Waals surface area contributed by atoms with E-state index in [2.05, 4.69) is 12.1 Å². The number of benzene rings is 1. The smallest absolute Gasteiger partial charge is 0.331 e. The van der Waals surface area contributed by atoms with Gasteiger partial charge in [-0.3, -0.25) is 9.13 Å². The van der Waals surface area contributed by atoms with Crippen molar-refractivity contribution in [1.82, 2.24) is 9.13 Å². The summed E-state index contributed by atoms with van der Waals surface area (Å²) in [4.78, 5) is 12.4. The van der Waals surface area contributed by atoms with E-state index in [1.54, 1.807) is 4.57 Å². The average molecular weight is 288 g/mol. The summed E-state index contributed by atoms with van der Waals surface area (Å²) >= 11 is 0. The molecule has 1 aromatic heterocycles. The lowest BCUT2D eigenvalue weighted by Crippen LogP contribution is -2.26. The van der Waals surface area contributed by atoms with Gasteiger partial charge in [0, 0.05) is 12.6 Å². The monoisotopic (exact) mass is 288 g/mol. The van der Waals surface area contributed by atoms with Gasteiger partial charge in [-0.15, -0.1) is 0 Å². The van der Waals surface area contributed by atoms with Crippen molar-refractivity contribution in [3.8, 4) is 5.88 Å². The molecular formula is C17H24N2O2. The SMILES string of the molecule is CCc1c(O)n(C(C)C)c(=O)n1CCCc1ccccc1. The minimum atomic E-state index is -0.104. The summed E-state index contributed by atoms with van der Waals surface area (Å²) in [5, 5.41) is 10.2. The van der Waals surface area contributed by atoms with E-state index in [1.165, 1.54) is 10.1 Å². The standard InChI is InChI=1S/C17H24N2O2/c1-4-15-16(20)19(13(2)3)17(21)18(15)12-8-11-14-9-6-5-7-10-14/h5-7,9-10,13,20H,4,8,11-12H2,1-3H3. The molecule has 0 saturated heterocycles. The van der Waals surface area contributed by atoms with Crippen molar-refractivity contribution in [3.05, 3.63) is 52.1 Å². The number of rotatable bonds is 6. The van der Waals surface area contributed by atoms with Gasteiger partial charge in [0.05, 0.1) is 5.69 Å². The van der Waals surface area contributed by atoms with Gasteiger partial charge in [-0.2, -0.15) is 0 Å². The van der Waals surface area contributed by atoms with Gasteiger partial charge in [-0.1, -0.05) is 37.3 Å². The number of hydrogen-bond donors (Lipinski definition) is 1. The molecule has 1 heterocycles. The zero-order chi connectivity index (χ0) is 15.4.